The average molecular weight is 751 g/mol. The molecule has 3 aromatic heterocycles. The van der Waals surface area contributed by atoms with Crippen molar-refractivity contribution in [2.75, 3.05) is 26.0 Å². The highest BCUT2D eigenvalue weighted by Gasteiger charge is 2.23. The van der Waals surface area contributed by atoms with Crippen molar-refractivity contribution in [2.24, 2.45) is 7.05 Å². The molecule has 1 atom stereocenters. The molecule has 7 rings (SSSR count). The highest BCUT2D eigenvalue weighted by Crippen LogP contribution is 2.43. The van der Waals surface area contributed by atoms with Crippen LogP contribution in [0.2, 0.25) is 10.0 Å². The SMILES string of the molecule is CNCCC1CCCC(=O)N1.COc1nc(-c2cccc(-c3cccc(Nc4nc(C(F)F)cc5cnn(C)c(=O)c45)c3Cl)c2Cl)cc2c1CCC2. The lowest BCUT2D eigenvalue weighted by atomic mass is 9.99. The van der Waals surface area contributed by atoms with Gasteiger partial charge in [-0.1, -0.05) is 53.5 Å². The predicted molar refractivity (Wildman–Crippen MR) is 201 cm³/mol. The number of pyridine rings is 2. The van der Waals surface area contributed by atoms with E-state index in [4.69, 9.17) is 32.9 Å². The standard InChI is InChI=1S/C30H23Cl2F2N5O2.C8H16N2O/c1-39-30(40)24-16(14-35-39)13-23(27(33)34)37-28(24)36-21-11-5-9-19(26(21)32)18-8-4-10-20(25(18)31)22-12-15-6-3-7-17(15)29(38-22)41-2;1-9-6-5-7-3-2-4-8(11)10-7/h4-5,8-14,27H,3,6-7H2,1-2H3,(H,36,37);7,9H,2-6H2,1H3,(H,10,11). The number of carbonyl (C=O) groups excluding carboxylic acids is 1. The van der Waals surface area contributed by atoms with Gasteiger partial charge in [0.15, 0.2) is 0 Å². The Morgan fingerprint density at radius 2 is 1.75 bits per heavy atom. The first kappa shape index (κ1) is 37.1. The molecular weight excluding hydrogens is 711 g/mol. The summed E-state index contributed by atoms with van der Waals surface area (Å²) in [5.41, 5.74) is 4.39. The van der Waals surface area contributed by atoms with Crippen molar-refractivity contribution in [3.8, 4) is 28.3 Å². The topological polar surface area (TPSA) is 123 Å². The van der Waals surface area contributed by atoms with Gasteiger partial charge in [-0.2, -0.15) is 5.10 Å². The third-order valence-electron chi connectivity index (χ3n) is 9.30. The molecule has 272 valence electrons. The van der Waals surface area contributed by atoms with E-state index in [9.17, 15) is 18.4 Å². The van der Waals surface area contributed by atoms with Crippen LogP contribution in [0.25, 0.3) is 33.2 Å². The van der Waals surface area contributed by atoms with Crippen LogP contribution in [0.1, 0.15) is 55.4 Å². The number of benzene rings is 2. The van der Waals surface area contributed by atoms with Crippen molar-refractivity contribution in [3.63, 3.8) is 0 Å². The minimum Gasteiger partial charge on any atom is -0.481 e. The Hall–Kier alpha value is -4.65. The summed E-state index contributed by atoms with van der Waals surface area (Å²) in [5, 5.41) is 14.1. The average Bonchev–Trinajstić information content (AvgIpc) is 3.62. The molecule has 5 aromatic rings. The lowest BCUT2D eigenvalue weighted by Gasteiger charge is -2.22. The van der Waals surface area contributed by atoms with Crippen molar-refractivity contribution in [1.29, 1.82) is 0 Å². The van der Waals surface area contributed by atoms with Crippen LogP contribution in [0.3, 0.4) is 0 Å². The fourth-order valence-electron chi connectivity index (χ4n) is 6.65. The summed E-state index contributed by atoms with van der Waals surface area (Å²) in [4.78, 5) is 32.6. The van der Waals surface area contributed by atoms with Crippen molar-refractivity contribution in [3.05, 3.63) is 91.9 Å². The van der Waals surface area contributed by atoms with Gasteiger partial charge in [-0.15, -0.1) is 0 Å². The third-order valence-corrected chi connectivity index (χ3v) is 10.1. The maximum absolute atomic E-state index is 13.7. The molecular formula is C38H39Cl2F2N7O3. The highest BCUT2D eigenvalue weighted by atomic mass is 35.5. The number of methoxy groups -OCH3 is 1. The molecule has 0 saturated carbocycles. The van der Waals surface area contributed by atoms with Crippen LogP contribution in [0.5, 0.6) is 5.88 Å². The van der Waals surface area contributed by atoms with Crippen LogP contribution in [0.4, 0.5) is 20.3 Å². The summed E-state index contributed by atoms with van der Waals surface area (Å²) in [6, 6.07) is 14.5. The number of hydrogen-bond donors (Lipinski definition) is 3. The largest absolute Gasteiger partial charge is 0.481 e. The second kappa shape index (κ2) is 16.4. The molecule has 14 heteroatoms. The number of halogens is 4. The minimum absolute atomic E-state index is 0.0471. The molecule has 1 aliphatic carbocycles. The molecule has 4 heterocycles. The van der Waals surface area contributed by atoms with Crippen LogP contribution < -0.4 is 26.2 Å². The van der Waals surface area contributed by atoms with E-state index in [0.717, 1.165) is 73.4 Å². The zero-order valence-corrected chi connectivity index (χ0v) is 30.5. The van der Waals surface area contributed by atoms with Gasteiger partial charge in [-0.3, -0.25) is 9.59 Å². The van der Waals surface area contributed by atoms with Crippen LogP contribution in [0, 0.1) is 0 Å². The Balaban J connectivity index is 0.000000362. The number of aromatic nitrogens is 4. The number of anilines is 2. The molecule has 2 aromatic carbocycles. The summed E-state index contributed by atoms with van der Waals surface area (Å²) in [7, 11) is 5.02. The second-order valence-electron chi connectivity index (χ2n) is 12.8. The Morgan fingerprint density at radius 1 is 1.00 bits per heavy atom. The lowest BCUT2D eigenvalue weighted by Crippen LogP contribution is -2.40. The fourth-order valence-corrected chi connectivity index (χ4v) is 7.25. The van der Waals surface area contributed by atoms with Crippen LogP contribution in [0.15, 0.2) is 59.5 Å². The number of rotatable bonds is 9. The minimum atomic E-state index is -2.85. The van der Waals surface area contributed by atoms with Gasteiger partial charge in [-0.25, -0.2) is 23.4 Å². The molecule has 0 bridgehead atoms. The number of alkyl halides is 2. The number of aryl methyl sites for hydroxylation is 2. The number of nitrogens with one attached hydrogen (secondary N) is 3. The molecule has 2 aliphatic rings. The molecule has 52 heavy (non-hydrogen) atoms. The molecule has 1 unspecified atom stereocenters. The predicted octanol–water partition coefficient (Wildman–Crippen LogP) is 7.81. The normalized spacial score (nSPS) is 15.2. The maximum Gasteiger partial charge on any atom is 0.280 e. The van der Waals surface area contributed by atoms with E-state index in [0.29, 0.717) is 39.5 Å². The number of carbonyl (C=O) groups is 1. The van der Waals surface area contributed by atoms with Gasteiger partial charge in [0.2, 0.25) is 11.8 Å². The van der Waals surface area contributed by atoms with Crippen LogP contribution in [-0.2, 0) is 24.7 Å². The first-order chi connectivity index (χ1) is 25.1. The Morgan fingerprint density at radius 3 is 2.48 bits per heavy atom. The Labute approximate surface area is 309 Å². The zero-order chi connectivity index (χ0) is 36.9. The summed E-state index contributed by atoms with van der Waals surface area (Å²) >= 11 is 13.9. The van der Waals surface area contributed by atoms with E-state index in [2.05, 4.69) is 32.1 Å². The molecule has 1 saturated heterocycles. The van der Waals surface area contributed by atoms with Crippen LogP contribution in [-0.4, -0.2) is 52.4 Å². The molecule has 1 aliphatic heterocycles. The van der Waals surface area contributed by atoms with E-state index in [1.165, 1.54) is 18.8 Å². The summed E-state index contributed by atoms with van der Waals surface area (Å²) in [5.74, 6) is 0.777. The Kier molecular flexibility index (Phi) is 11.7. The number of fused-ring (bicyclic) bond motifs is 2. The number of amides is 1. The number of hydrogen-bond acceptors (Lipinski definition) is 8. The first-order valence-electron chi connectivity index (χ1n) is 17.1. The quantitative estimate of drug-likeness (QED) is 0.140. The number of ether oxygens (including phenoxy) is 1. The molecule has 1 fully saturated rings. The van der Waals surface area contributed by atoms with Crippen molar-refractivity contribution >= 4 is 51.4 Å². The van der Waals surface area contributed by atoms with E-state index < -0.39 is 17.7 Å². The molecule has 3 N–H and O–H groups in total. The lowest BCUT2D eigenvalue weighted by molar-refractivity contribution is -0.123. The summed E-state index contributed by atoms with van der Waals surface area (Å²) in [6.45, 7) is 0.991. The fraction of sp³-hybridized carbons (Fsp3) is 0.342. The molecule has 1 amide bonds. The second-order valence-corrected chi connectivity index (χ2v) is 13.5. The van der Waals surface area contributed by atoms with Crippen LogP contribution >= 0.6 is 23.2 Å². The summed E-state index contributed by atoms with van der Waals surface area (Å²) in [6.07, 6.45) is 5.41. The monoisotopic (exact) mass is 749 g/mol. The number of piperidine rings is 1. The third kappa shape index (κ3) is 7.89. The highest BCUT2D eigenvalue weighted by molar-refractivity contribution is 6.39. The van der Waals surface area contributed by atoms with E-state index in [1.807, 2.05) is 25.2 Å². The van der Waals surface area contributed by atoms with Gasteiger partial charge in [0.25, 0.3) is 12.0 Å². The molecule has 0 radical (unpaired) electrons. The van der Waals surface area contributed by atoms with Gasteiger partial charge in [-0.05, 0) is 75.9 Å². The summed E-state index contributed by atoms with van der Waals surface area (Å²) < 4.78 is 34.0. The van der Waals surface area contributed by atoms with Crippen molar-refractivity contribution < 1.29 is 18.3 Å². The first-order valence-corrected chi connectivity index (χ1v) is 17.9. The van der Waals surface area contributed by atoms with E-state index in [-0.39, 0.29) is 27.5 Å². The van der Waals surface area contributed by atoms with E-state index in [1.54, 1.807) is 25.3 Å². The van der Waals surface area contributed by atoms with Crippen molar-refractivity contribution in [1.82, 2.24) is 30.4 Å². The van der Waals surface area contributed by atoms with Crippen molar-refractivity contribution in [2.45, 2.75) is 57.4 Å². The molecule has 10 nitrogen and oxygen atoms in total. The van der Waals surface area contributed by atoms with Gasteiger partial charge in [0.05, 0.1) is 40.1 Å². The van der Waals surface area contributed by atoms with Gasteiger partial charge < -0.3 is 20.7 Å². The smallest absolute Gasteiger partial charge is 0.280 e. The molecule has 0 spiro atoms. The van der Waals surface area contributed by atoms with Gasteiger partial charge >= 0.3 is 0 Å². The maximum atomic E-state index is 13.7. The Bertz CT molecular complexity index is 2180. The van der Waals surface area contributed by atoms with E-state index >= 15 is 0 Å². The number of nitrogens with zero attached hydrogens (tertiary/aromatic N) is 4. The van der Waals surface area contributed by atoms with Gasteiger partial charge in [0, 0.05) is 47.2 Å². The van der Waals surface area contributed by atoms with Gasteiger partial charge in [0.1, 0.15) is 11.5 Å². The zero-order valence-electron chi connectivity index (χ0n) is 29.0.